The number of rotatable bonds is 9. The molecule has 0 aliphatic heterocycles. The molecule has 0 aromatic carbocycles. The third-order valence-corrected chi connectivity index (χ3v) is 7.36. The summed E-state index contributed by atoms with van der Waals surface area (Å²) in [6, 6.07) is 16.9. The van der Waals surface area contributed by atoms with Crippen LogP contribution in [0.25, 0.3) is 50.0 Å². The molecule has 52 heavy (non-hydrogen) atoms. The summed E-state index contributed by atoms with van der Waals surface area (Å²) in [5.41, 5.74) is 1.65. The van der Waals surface area contributed by atoms with Gasteiger partial charge in [-0.15, -0.1) is 11.3 Å². The van der Waals surface area contributed by atoms with Crippen molar-refractivity contribution in [3.05, 3.63) is 107 Å². The molecule has 6 aromatic heterocycles. The molecule has 0 bridgehead atoms. The number of carbonyl (C=O) groups excluding carboxylic acids is 2. The van der Waals surface area contributed by atoms with Crippen LogP contribution in [0.2, 0.25) is 0 Å². The first kappa shape index (κ1) is 40.6. The molecule has 0 spiro atoms. The van der Waals surface area contributed by atoms with E-state index in [-0.39, 0.29) is 66.6 Å². The molecule has 13 nitrogen and oxygen atoms in total. The van der Waals surface area contributed by atoms with Crippen molar-refractivity contribution in [2.45, 2.75) is 13.1 Å². The van der Waals surface area contributed by atoms with E-state index in [4.69, 9.17) is 20.0 Å². The number of isothiocyanates is 1. The number of aromatic carboxylic acids is 1. The Morgan fingerprint density at radius 3 is 2.04 bits per heavy atom. The molecular formula is C33H20F3N7O6RuS2. The predicted molar refractivity (Wildman–Crippen MR) is 181 cm³/mol. The molecule has 6 rings (SSSR count). The third-order valence-electron chi connectivity index (χ3n) is 6.31. The zero-order valence-corrected chi connectivity index (χ0v) is 29.5. The van der Waals surface area contributed by atoms with Crippen molar-refractivity contribution < 1.29 is 61.6 Å². The Kier molecular flexibility index (Phi) is 14.8. The van der Waals surface area contributed by atoms with Crippen molar-refractivity contribution in [2.75, 3.05) is 0 Å². The molecule has 0 atom stereocenters. The maximum atomic E-state index is 12.5. The van der Waals surface area contributed by atoms with Gasteiger partial charge in [-0.25, -0.2) is 9.78 Å². The summed E-state index contributed by atoms with van der Waals surface area (Å²) in [7, 11) is 0. The first-order chi connectivity index (χ1) is 24.4. The third kappa shape index (κ3) is 11.1. The number of hydrogen-bond acceptors (Lipinski definition) is 12. The Balaban J connectivity index is 0.000000262. The van der Waals surface area contributed by atoms with Crippen LogP contribution in [0.5, 0.6) is 11.5 Å². The standard InChI is InChI=1S/C18H11N3O6.C14H9F3N3S.CNS.Ru/c22-9-26-12-2-4-20-15(6-12)17-8-13(27-10-23)7-16(21-17)14-5-11(18(24)25)1-3-19-14;1-8-2-5-12(21-8)9-3-4-10(18-7-9)11-6-13(20-19-11)14(15,16)17;2-1-3;/h1-10H,(H,24,25);2-7H,1H3;;/q;2*-1;+2. The van der Waals surface area contributed by atoms with Gasteiger partial charge in [-0.1, -0.05) is 17.9 Å². The van der Waals surface area contributed by atoms with Crippen molar-refractivity contribution >= 4 is 47.6 Å². The van der Waals surface area contributed by atoms with E-state index in [0.717, 1.165) is 16.5 Å². The van der Waals surface area contributed by atoms with Crippen LogP contribution in [-0.2, 0) is 35.2 Å². The minimum Gasteiger partial charge on any atom is -0.753 e. The number of thiocarbonyl (C=S) groups is 1. The summed E-state index contributed by atoms with van der Waals surface area (Å²) in [6.07, 6.45) is -0.0987. The van der Waals surface area contributed by atoms with Gasteiger partial charge >= 0.3 is 31.6 Å². The van der Waals surface area contributed by atoms with Crippen molar-refractivity contribution in [3.63, 3.8) is 0 Å². The smallest absolute Gasteiger partial charge is 0.753 e. The quantitative estimate of drug-likeness (QED) is 0.0695. The minimum atomic E-state index is -4.49. The van der Waals surface area contributed by atoms with Gasteiger partial charge < -0.3 is 30.2 Å². The number of halogens is 3. The molecule has 6 heterocycles. The van der Waals surface area contributed by atoms with Crippen molar-refractivity contribution in [1.29, 1.82) is 0 Å². The van der Waals surface area contributed by atoms with Crippen LogP contribution in [0.15, 0.2) is 85.3 Å². The fraction of sp³-hybridized carbons (Fsp3) is 0.0606. The van der Waals surface area contributed by atoms with E-state index in [1.807, 2.05) is 25.1 Å². The van der Waals surface area contributed by atoms with Gasteiger partial charge in [0.2, 0.25) is 0 Å². The second-order valence-electron chi connectivity index (χ2n) is 9.66. The molecule has 0 saturated carbocycles. The van der Waals surface area contributed by atoms with E-state index in [1.165, 1.54) is 58.8 Å². The monoisotopic (exact) mass is 833 g/mol. The van der Waals surface area contributed by atoms with E-state index in [9.17, 15) is 27.6 Å². The normalized spacial score (nSPS) is 10.2. The average Bonchev–Trinajstić information content (AvgIpc) is 3.80. The molecular weight excluding hydrogens is 813 g/mol. The van der Waals surface area contributed by atoms with Gasteiger partial charge in [-0.05, 0) is 55.5 Å². The Morgan fingerprint density at radius 2 is 1.50 bits per heavy atom. The van der Waals surface area contributed by atoms with Crippen LogP contribution in [0.4, 0.5) is 13.2 Å². The van der Waals surface area contributed by atoms with Crippen molar-refractivity contribution in [3.8, 4) is 56.1 Å². The molecule has 0 amide bonds. The Hall–Kier alpha value is -5.87. The number of hydrogen-bond donors (Lipinski definition) is 1. The molecule has 0 aliphatic carbocycles. The van der Waals surface area contributed by atoms with Gasteiger partial charge in [0.1, 0.15) is 17.2 Å². The molecule has 19 heteroatoms. The minimum absolute atomic E-state index is 0. The Morgan fingerprint density at radius 1 is 0.885 bits per heavy atom. The maximum Gasteiger partial charge on any atom is 2.00 e. The average molecular weight is 833 g/mol. The van der Waals surface area contributed by atoms with Gasteiger partial charge in [0.25, 0.3) is 12.9 Å². The number of pyridine rings is 4. The molecule has 1 N–H and O–H groups in total. The number of carbonyl (C=O) groups is 3. The van der Waals surface area contributed by atoms with Gasteiger partial charge in [-0.2, -0.15) is 18.3 Å². The number of carboxylic acids is 1. The summed E-state index contributed by atoms with van der Waals surface area (Å²) in [4.78, 5) is 51.5. The number of ether oxygens (including phenoxy) is 2. The zero-order chi connectivity index (χ0) is 37.0. The number of aromatic nitrogens is 6. The van der Waals surface area contributed by atoms with E-state index in [2.05, 4.69) is 42.4 Å². The molecule has 0 saturated heterocycles. The van der Waals surface area contributed by atoms with Gasteiger partial charge in [0.15, 0.2) is 0 Å². The van der Waals surface area contributed by atoms with Crippen LogP contribution >= 0.6 is 23.6 Å². The predicted octanol–water partition coefficient (Wildman–Crippen LogP) is 6.79. The summed E-state index contributed by atoms with van der Waals surface area (Å²) in [5.74, 6) is -0.693. The zero-order valence-electron chi connectivity index (χ0n) is 26.2. The molecule has 0 aliphatic rings. The largest absolute Gasteiger partial charge is 2.00 e. The van der Waals surface area contributed by atoms with Crippen LogP contribution in [-0.4, -0.2) is 54.2 Å². The number of aryl methyl sites for hydroxylation is 1. The van der Waals surface area contributed by atoms with Gasteiger partial charge in [-0.3, -0.25) is 24.5 Å². The molecule has 0 radical (unpaired) electrons. The summed E-state index contributed by atoms with van der Waals surface area (Å²) in [5, 5.41) is 24.3. The molecule has 0 unspecified atom stereocenters. The van der Waals surface area contributed by atoms with Crippen LogP contribution < -0.4 is 14.6 Å². The van der Waals surface area contributed by atoms with E-state index < -0.39 is 17.8 Å². The van der Waals surface area contributed by atoms with Crippen LogP contribution in [0.1, 0.15) is 20.9 Å². The second kappa shape index (κ2) is 18.9. The van der Waals surface area contributed by atoms with Gasteiger partial charge in [0, 0.05) is 57.8 Å². The molecule has 0 fully saturated rings. The van der Waals surface area contributed by atoms with Crippen LogP contribution in [0, 0.1) is 6.92 Å². The second-order valence-corrected chi connectivity index (χ2v) is 11.1. The number of thiophene rings is 1. The summed E-state index contributed by atoms with van der Waals surface area (Å²) < 4.78 is 47.1. The Bertz CT molecular complexity index is 2190. The van der Waals surface area contributed by atoms with Gasteiger partial charge in [0.05, 0.1) is 28.3 Å². The van der Waals surface area contributed by atoms with Crippen LogP contribution in [0.3, 0.4) is 0 Å². The Labute approximate surface area is 314 Å². The first-order valence-electron chi connectivity index (χ1n) is 14.0. The summed E-state index contributed by atoms with van der Waals surface area (Å²) >= 11 is 5.33. The number of nitrogens with zero attached hydrogens (tertiary/aromatic N) is 7. The maximum absolute atomic E-state index is 12.5. The topological polar surface area (TPSA) is 191 Å². The fourth-order valence-electron chi connectivity index (χ4n) is 4.11. The number of carboxylic acid groups (broad SMARTS) is 1. The summed E-state index contributed by atoms with van der Waals surface area (Å²) in [6.45, 7) is 2.54. The van der Waals surface area contributed by atoms with Crippen molar-refractivity contribution in [1.82, 2.24) is 30.1 Å². The van der Waals surface area contributed by atoms with E-state index in [1.54, 1.807) is 23.6 Å². The molecule has 6 aromatic rings. The number of alkyl halides is 3. The van der Waals surface area contributed by atoms with Crippen molar-refractivity contribution in [2.24, 2.45) is 0 Å². The first-order valence-corrected chi connectivity index (χ1v) is 15.2. The van der Waals surface area contributed by atoms with E-state index in [0.29, 0.717) is 17.1 Å². The van der Waals surface area contributed by atoms with E-state index >= 15 is 0 Å². The fourth-order valence-corrected chi connectivity index (χ4v) is 4.97. The molecule has 264 valence electrons. The SMILES string of the molecule is Cc1ccc(-c2ccc(-c3cc(C(F)(F)F)n[n-]3)nc2)s1.O=COc1ccnc(-c2cc(OC=O)cc(-c3cc(C(=O)O)ccn3)n2)c1.[N-]=C=S.[Ru+2].